The minimum Gasteiger partial charge on any atom is -0.248 e. The summed E-state index contributed by atoms with van der Waals surface area (Å²) in [4.78, 5) is 11.3. The molecule has 0 rings (SSSR count). The van der Waals surface area contributed by atoms with Crippen LogP contribution in [-0.4, -0.2) is 59.8 Å². The van der Waals surface area contributed by atoms with Crippen molar-refractivity contribution in [1.29, 1.82) is 0 Å². The van der Waals surface area contributed by atoms with E-state index >= 15 is 0 Å². The highest BCUT2D eigenvalue weighted by atomic mass is 19.4. The molecule has 0 aliphatic carbocycles. The van der Waals surface area contributed by atoms with Gasteiger partial charge in [-0.3, -0.25) is 0 Å². The maximum absolute atomic E-state index is 13.2. The Balaban J connectivity index is 6.87. The zero-order valence-corrected chi connectivity index (χ0v) is 13.1. The van der Waals surface area contributed by atoms with Gasteiger partial charge in [0.2, 0.25) is 0 Å². The van der Waals surface area contributed by atoms with Gasteiger partial charge in [0.05, 0.1) is 0 Å². The van der Waals surface area contributed by atoms with Gasteiger partial charge in [-0.05, 0) is 0 Å². The SMILES string of the molecule is O=C(OF)C(F)(F)C(F)(F)C(F)(F)C(F)(F)C(F)(F)C(F)(F)C(F)(F)C(F)(F)C(F)F. The average molecular weight is 514 g/mol. The molecule has 0 fully saturated rings. The van der Waals surface area contributed by atoms with Gasteiger partial charge in [0.1, 0.15) is 0 Å². The highest BCUT2D eigenvalue weighted by Crippen LogP contribution is 2.64. The number of rotatable bonds is 9. The van der Waals surface area contributed by atoms with E-state index in [2.05, 4.69) is 0 Å². The van der Waals surface area contributed by atoms with Crippen LogP contribution in [0.25, 0.3) is 0 Å². The van der Waals surface area contributed by atoms with E-state index in [0.29, 0.717) is 0 Å². The number of alkyl halides is 18. The summed E-state index contributed by atoms with van der Waals surface area (Å²) in [5.74, 6) is -71.9. The van der Waals surface area contributed by atoms with Crippen molar-refractivity contribution in [3.8, 4) is 0 Å². The number of carbonyl (C=O) groups excluding carboxylic acids is 1. The lowest BCUT2D eigenvalue weighted by Crippen LogP contribution is -2.75. The Hall–Kier alpha value is -1.86. The summed E-state index contributed by atoms with van der Waals surface area (Å²) in [6.45, 7) is 0. The molecule has 0 atom stereocenters. The standard InChI is InChI=1S/C10HF19O2/c11-1(12)3(13,14)5(17,18)7(21,22)9(25,26)10(27,28)8(23,24)6(19,20)4(15,16)2(30)31-29/h1H. The lowest BCUT2D eigenvalue weighted by molar-refractivity contribution is -0.455. The normalized spacial score (nSPS) is 16.0. The van der Waals surface area contributed by atoms with Gasteiger partial charge in [0.15, 0.2) is 0 Å². The second kappa shape index (κ2) is 7.34. The zero-order chi connectivity index (χ0) is 25.9. The predicted octanol–water partition coefficient (Wildman–Crippen LogP) is 5.76. The van der Waals surface area contributed by atoms with Crippen LogP contribution in [0.5, 0.6) is 0 Å². The topological polar surface area (TPSA) is 26.3 Å². The van der Waals surface area contributed by atoms with Gasteiger partial charge in [-0.15, -0.1) is 0 Å². The monoisotopic (exact) mass is 514 g/mol. The van der Waals surface area contributed by atoms with Crippen molar-refractivity contribution < 1.29 is 93.3 Å². The van der Waals surface area contributed by atoms with E-state index in [1.165, 1.54) is 4.94 Å². The third kappa shape index (κ3) is 3.41. The van der Waals surface area contributed by atoms with E-state index in [-0.39, 0.29) is 0 Å². The highest BCUT2D eigenvalue weighted by molar-refractivity contribution is 5.78. The summed E-state index contributed by atoms with van der Waals surface area (Å²) in [6, 6.07) is 0. The van der Waals surface area contributed by atoms with Crippen molar-refractivity contribution in [2.75, 3.05) is 0 Å². The van der Waals surface area contributed by atoms with E-state index in [1.807, 2.05) is 0 Å². The Morgan fingerprint density at radius 2 is 0.774 bits per heavy atom. The van der Waals surface area contributed by atoms with Gasteiger partial charge in [0.25, 0.3) is 0 Å². The molecule has 2 nitrogen and oxygen atoms in total. The van der Waals surface area contributed by atoms with Crippen LogP contribution in [-0.2, 0) is 9.74 Å². The van der Waals surface area contributed by atoms with Crippen LogP contribution in [0.4, 0.5) is 83.6 Å². The molecular formula is C10HF19O2. The second-order valence-electron chi connectivity index (χ2n) is 5.31. The molecule has 0 aliphatic heterocycles. The molecular weight excluding hydrogens is 513 g/mol. The van der Waals surface area contributed by atoms with Crippen molar-refractivity contribution in [3.63, 3.8) is 0 Å². The van der Waals surface area contributed by atoms with E-state index in [0.717, 1.165) is 0 Å². The molecule has 0 heterocycles. The number of hydrogen-bond donors (Lipinski definition) is 0. The first-order chi connectivity index (χ1) is 13.2. The average Bonchev–Trinajstić information content (AvgIpc) is 2.59. The summed E-state index contributed by atoms with van der Waals surface area (Å²) in [6.07, 6.45) is -6.07. The van der Waals surface area contributed by atoms with Crippen LogP contribution >= 0.6 is 0 Å². The first-order valence-corrected chi connectivity index (χ1v) is 6.31. The van der Waals surface area contributed by atoms with E-state index in [9.17, 15) is 88.3 Å². The van der Waals surface area contributed by atoms with Crippen LogP contribution in [0.3, 0.4) is 0 Å². The molecule has 0 aliphatic rings. The summed E-state index contributed by atoms with van der Waals surface area (Å²) >= 11 is 0. The lowest BCUT2D eigenvalue weighted by atomic mass is 9.87. The van der Waals surface area contributed by atoms with Gasteiger partial charge in [0, 0.05) is 4.53 Å². The van der Waals surface area contributed by atoms with Gasteiger partial charge in [-0.2, -0.15) is 70.2 Å². The highest BCUT2D eigenvalue weighted by Gasteiger charge is 2.96. The molecule has 0 aromatic carbocycles. The molecule has 31 heavy (non-hydrogen) atoms. The Morgan fingerprint density at radius 1 is 0.516 bits per heavy atom. The molecule has 0 bridgehead atoms. The molecule has 0 unspecified atom stereocenters. The first kappa shape index (κ1) is 29.1. The summed E-state index contributed by atoms with van der Waals surface area (Å²) < 4.78 is 242. The summed E-state index contributed by atoms with van der Waals surface area (Å²) in [5, 5.41) is 0. The molecule has 0 aromatic rings. The Bertz CT molecular complexity index is 679. The summed E-state index contributed by atoms with van der Waals surface area (Å²) in [5.41, 5.74) is 0. The van der Waals surface area contributed by atoms with Crippen LogP contribution in [0.2, 0.25) is 0 Å². The maximum Gasteiger partial charge on any atom is 0.424 e. The molecule has 0 saturated heterocycles. The fourth-order valence-electron chi connectivity index (χ4n) is 1.51. The maximum atomic E-state index is 13.2. The smallest absolute Gasteiger partial charge is 0.248 e. The molecule has 0 aromatic heterocycles. The lowest BCUT2D eigenvalue weighted by Gasteiger charge is -2.43. The fourth-order valence-corrected chi connectivity index (χ4v) is 1.51. The Morgan fingerprint density at radius 3 is 1.03 bits per heavy atom. The van der Waals surface area contributed by atoms with Crippen LogP contribution < -0.4 is 0 Å². The molecule has 0 saturated carbocycles. The molecule has 0 radical (unpaired) electrons. The number of carbonyl (C=O) groups is 1. The molecule has 21 heteroatoms. The van der Waals surface area contributed by atoms with Gasteiger partial charge < -0.3 is 0 Å². The molecule has 186 valence electrons. The largest absolute Gasteiger partial charge is 0.424 e. The Labute approximate surface area is 154 Å². The van der Waals surface area contributed by atoms with Crippen molar-refractivity contribution in [2.45, 2.75) is 53.8 Å². The molecule has 0 amide bonds. The van der Waals surface area contributed by atoms with E-state index in [1.54, 1.807) is 0 Å². The van der Waals surface area contributed by atoms with Gasteiger partial charge >= 0.3 is 59.8 Å². The van der Waals surface area contributed by atoms with Gasteiger partial charge in [-0.1, -0.05) is 0 Å². The van der Waals surface area contributed by atoms with Crippen molar-refractivity contribution in [3.05, 3.63) is 0 Å². The zero-order valence-electron chi connectivity index (χ0n) is 13.1. The third-order valence-corrected chi connectivity index (χ3v) is 3.39. The van der Waals surface area contributed by atoms with Crippen molar-refractivity contribution in [2.24, 2.45) is 0 Å². The first-order valence-electron chi connectivity index (χ1n) is 6.31. The van der Waals surface area contributed by atoms with Crippen LogP contribution in [0.1, 0.15) is 0 Å². The fraction of sp³-hybridized carbons (Fsp3) is 0.900. The van der Waals surface area contributed by atoms with Crippen molar-refractivity contribution >= 4 is 5.97 Å². The minimum absolute atomic E-state index is 1.30. The predicted molar refractivity (Wildman–Crippen MR) is 52.8 cm³/mol. The van der Waals surface area contributed by atoms with Gasteiger partial charge in [-0.25, -0.2) is 18.5 Å². The van der Waals surface area contributed by atoms with E-state index in [4.69, 9.17) is 0 Å². The van der Waals surface area contributed by atoms with E-state index < -0.39 is 59.8 Å². The quantitative estimate of drug-likeness (QED) is 0.366. The number of hydrogen-bond acceptors (Lipinski definition) is 2. The summed E-state index contributed by atoms with van der Waals surface area (Å²) in [7, 11) is 0. The second-order valence-corrected chi connectivity index (χ2v) is 5.31. The van der Waals surface area contributed by atoms with Crippen molar-refractivity contribution in [1.82, 2.24) is 0 Å². The van der Waals surface area contributed by atoms with Crippen LogP contribution in [0, 0.1) is 0 Å². The van der Waals surface area contributed by atoms with Crippen LogP contribution in [0.15, 0.2) is 0 Å². The Kier molecular flexibility index (Phi) is 6.90. The molecule has 0 spiro atoms. The number of halogens is 19. The third-order valence-electron chi connectivity index (χ3n) is 3.39. The molecule has 0 N–H and O–H groups in total. The minimum atomic E-state index is -8.93.